The normalized spacial score (nSPS) is 10.9. The monoisotopic (exact) mass is 523 g/mol. The third-order valence-corrected chi connectivity index (χ3v) is 5.33. The number of halogens is 1. The predicted molar refractivity (Wildman–Crippen MR) is 127 cm³/mol. The van der Waals surface area contributed by atoms with E-state index in [-0.39, 0.29) is 0 Å². The van der Waals surface area contributed by atoms with E-state index in [1.54, 1.807) is 56.8 Å². The molecule has 0 saturated carbocycles. The van der Waals surface area contributed by atoms with Crippen molar-refractivity contribution in [3.05, 3.63) is 47.1 Å². The first-order valence-electron chi connectivity index (χ1n) is 9.17. The van der Waals surface area contributed by atoms with E-state index in [2.05, 4.69) is 41.3 Å². The molecule has 10 nitrogen and oxygen atoms in total. The summed E-state index contributed by atoms with van der Waals surface area (Å²) in [6, 6.07) is 10.3. The third-order valence-electron chi connectivity index (χ3n) is 4.16. The van der Waals surface area contributed by atoms with Crippen LogP contribution < -0.4 is 29.6 Å². The molecule has 0 aliphatic carbocycles. The molecule has 3 aromatic rings. The number of nitrogens with zero attached hydrogens (tertiary/aromatic N) is 2. The van der Waals surface area contributed by atoms with Gasteiger partial charge in [0.15, 0.2) is 11.5 Å². The Kier molecular flexibility index (Phi) is 7.26. The second kappa shape index (κ2) is 9.92. The number of rotatable bonds is 9. The van der Waals surface area contributed by atoms with Crippen molar-refractivity contribution in [1.82, 2.24) is 9.97 Å². The topological polar surface area (TPSA) is 124 Å². The summed E-state index contributed by atoms with van der Waals surface area (Å²) in [6.45, 7) is 0. The lowest BCUT2D eigenvalue weighted by molar-refractivity contribution is 0.355. The van der Waals surface area contributed by atoms with E-state index in [0.29, 0.717) is 50.5 Å². The number of nitrogens with one attached hydrogen (secondary N) is 3. The molecule has 1 aromatic heterocycles. The average Bonchev–Trinajstić information content (AvgIpc) is 2.76. The molecule has 32 heavy (non-hydrogen) atoms. The molecule has 170 valence electrons. The molecule has 2 aromatic carbocycles. The van der Waals surface area contributed by atoms with E-state index >= 15 is 0 Å². The SMILES string of the molecule is COc1ccc(Nc2nc(Nc3ccc(OC)c(OC)c3)ncc2Br)c(NS(C)(=O)=O)c1. The summed E-state index contributed by atoms with van der Waals surface area (Å²) >= 11 is 3.41. The first-order chi connectivity index (χ1) is 15.2. The Morgan fingerprint density at radius 2 is 1.66 bits per heavy atom. The van der Waals surface area contributed by atoms with Crippen molar-refractivity contribution in [2.24, 2.45) is 0 Å². The lowest BCUT2D eigenvalue weighted by atomic mass is 10.2. The van der Waals surface area contributed by atoms with Gasteiger partial charge in [-0.05, 0) is 40.2 Å². The minimum atomic E-state index is -3.51. The van der Waals surface area contributed by atoms with Crippen LogP contribution in [0.2, 0.25) is 0 Å². The minimum Gasteiger partial charge on any atom is -0.497 e. The molecule has 0 fully saturated rings. The molecule has 12 heteroatoms. The second-order valence-electron chi connectivity index (χ2n) is 6.50. The third kappa shape index (κ3) is 5.92. The van der Waals surface area contributed by atoms with Crippen LogP contribution >= 0.6 is 15.9 Å². The molecule has 0 saturated heterocycles. The van der Waals surface area contributed by atoms with E-state index in [1.165, 1.54) is 7.11 Å². The van der Waals surface area contributed by atoms with Crippen LogP contribution in [0.4, 0.5) is 28.8 Å². The smallest absolute Gasteiger partial charge is 0.229 e. The van der Waals surface area contributed by atoms with E-state index < -0.39 is 10.0 Å². The fraction of sp³-hybridized carbons (Fsp3) is 0.200. The zero-order valence-electron chi connectivity index (χ0n) is 17.8. The second-order valence-corrected chi connectivity index (χ2v) is 9.10. The van der Waals surface area contributed by atoms with Gasteiger partial charge < -0.3 is 24.8 Å². The van der Waals surface area contributed by atoms with Gasteiger partial charge in [0.05, 0.1) is 43.4 Å². The Labute approximate surface area is 194 Å². The zero-order chi connectivity index (χ0) is 23.3. The number of sulfonamides is 1. The van der Waals surface area contributed by atoms with Gasteiger partial charge in [-0.25, -0.2) is 13.4 Å². The maximum atomic E-state index is 11.8. The molecule has 0 unspecified atom stereocenters. The summed E-state index contributed by atoms with van der Waals surface area (Å²) in [6.07, 6.45) is 2.65. The Bertz CT molecular complexity index is 1220. The van der Waals surface area contributed by atoms with Crippen molar-refractivity contribution >= 4 is 54.8 Å². The highest BCUT2D eigenvalue weighted by atomic mass is 79.9. The molecule has 0 bridgehead atoms. The molecule has 1 heterocycles. The van der Waals surface area contributed by atoms with E-state index in [1.807, 2.05) is 0 Å². The van der Waals surface area contributed by atoms with Gasteiger partial charge in [-0.2, -0.15) is 4.98 Å². The van der Waals surface area contributed by atoms with Crippen LogP contribution in [-0.4, -0.2) is 46.0 Å². The molecule has 0 radical (unpaired) electrons. The van der Waals surface area contributed by atoms with Crippen molar-refractivity contribution in [1.29, 1.82) is 0 Å². The number of benzene rings is 2. The maximum Gasteiger partial charge on any atom is 0.229 e. The van der Waals surface area contributed by atoms with Gasteiger partial charge >= 0.3 is 0 Å². The van der Waals surface area contributed by atoms with Crippen molar-refractivity contribution in [2.75, 3.05) is 42.9 Å². The molecule has 0 spiro atoms. The quantitative estimate of drug-likeness (QED) is 0.379. The van der Waals surface area contributed by atoms with Gasteiger partial charge in [0.25, 0.3) is 0 Å². The first kappa shape index (κ1) is 23.4. The van der Waals surface area contributed by atoms with Crippen LogP contribution in [-0.2, 0) is 10.0 Å². The first-order valence-corrected chi connectivity index (χ1v) is 11.8. The number of aromatic nitrogens is 2. The minimum absolute atomic E-state index is 0.312. The van der Waals surface area contributed by atoms with Crippen molar-refractivity contribution < 1.29 is 22.6 Å². The number of ether oxygens (including phenoxy) is 3. The fourth-order valence-corrected chi connectivity index (χ4v) is 3.59. The highest BCUT2D eigenvalue weighted by molar-refractivity contribution is 9.10. The predicted octanol–water partition coefficient (Wildman–Crippen LogP) is 4.12. The lowest BCUT2D eigenvalue weighted by Crippen LogP contribution is -2.11. The van der Waals surface area contributed by atoms with Crippen LogP contribution in [0.25, 0.3) is 0 Å². The summed E-state index contributed by atoms with van der Waals surface area (Å²) in [5.74, 6) is 2.39. The Balaban J connectivity index is 1.90. The largest absolute Gasteiger partial charge is 0.497 e. The van der Waals surface area contributed by atoms with Crippen molar-refractivity contribution in [3.63, 3.8) is 0 Å². The summed E-state index contributed by atoms with van der Waals surface area (Å²) in [7, 11) is 1.10. The number of hydrogen-bond donors (Lipinski definition) is 3. The lowest BCUT2D eigenvalue weighted by Gasteiger charge is -2.15. The molecule has 0 aliphatic heterocycles. The number of anilines is 5. The van der Waals surface area contributed by atoms with E-state index in [4.69, 9.17) is 14.2 Å². The number of methoxy groups -OCH3 is 3. The Hall–Kier alpha value is -3.25. The van der Waals surface area contributed by atoms with Crippen LogP contribution in [0.1, 0.15) is 0 Å². The molecule has 3 rings (SSSR count). The molecule has 0 atom stereocenters. The summed E-state index contributed by atoms with van der Waals surface area (Å²) in [5.41, 5.74) is 1.49. The maximum absolute atomic E-state index is 11.8. The summed E-state index contributed by atoms with van der Waals surface area (Å²) in [4.78, 5) is 8.75. The summed E-state index contributed by atoms with van der Waals surface area (Å²) in [5, 5.41) is 6.22. The summed E-state index contributed by atoms with van der Waals surface area (Å²) < 4.78 is 42.4. The molecule has 3 N–H and O–H groups in total. The van der Waals surface area contributed by atoms with Gasteiger partial charge in [-0.3, -0.25) is 4.72 Å². The van der Waals surface area contributed by atoms with Gasteiger partial charge in [-0.15, -0.1) is 0 Å². The highest BCUT2D eigenvalue weighted by Crippen LogP contribution is 2.34. The van der Waals surface area contributed by atoms with Crippen LogP contribution in [0.15, 0.2) is 47.1 Å². The van der Waals surface area contributed by atoms with Gasteiger partial charge in [0.1, 0.15) is 11.6 Å². The van der Waals surface area contributed by atoms with Crippen LogP contribution in [0.5, 0.6) is 17.2 Å². The molecular weight excluding hydrogens is 502 g/mol. The van der Waals surface area contributed by atoms with Gasteiger partial charge in [-0.1, -0.05) is 0 Å². The Morgan fingerprint density at radius 1 is 0.906 bits per heavy atom. The Morgan fingerprint density at radius 3 is 2.31 bits per heavy atom. The molecule has 0 aliphatic rings. The van der Waals surface area contributed by atoms with E-state index in [9.17, 15) is 8.42 Å². The van der Waals surface area contributed by atoms with Gasteiger partial charge in [0.2, 0.25) is 16.0 Å². The van der Waals surface area contributed by atoms with Crippen molar-refractivity contribution in [3.8, 4) is 17.2 Å². The van der Waals surface area contributed by atoms with E-state index in [0.717, 1.165) is 6.26 Å². The number of hydrogen-bond acceptors (Lipinski definition) is 9. The fourth-order valence-electron chi connectivity index (χ4n) is 2.73. The molecule has 0 amide bonds. The van der Waals surface area contributed by atoms with Gasteiger partial charge in [0, 0.05) is 24.0 Å². The zero-order valence-corrected chi connectivity index (χ0v) is 20.2. The van der Waals surface area contributed by atoms with Crippen LogP contribution in [0.3, 0.4) is 0 Å². The standard InChI is InChI=1S/C20H22BrN5O5S/c1-29-13-6-7-15(16(10-13)26-32(4,27)28)24-19-14(21)11-22-20(25-19)23-12-5-8-17(30-2)18(9-12)31-3/h5-11,26H,1-4H3,(H2,22,23,24,25). The highest BCUT2D eigenvalue weighted by Gasteiger charge is 2.13. The van der Waals surface area contributed by atoms with Crippen LogP contribution in [0, 0.1) is 0 Å². The molecular formula is C20H22BrN5O5S. The van der Waals surface area contributed by atoms with Crippen molar-refractivity contribution in [2.45, 2.75) is 0 Å². The average molecular weight is 524 g/mol.